The largest absolute Gasteiger partial charge is 0.467 e. The number of benzene rings is 1. The van der Waals surface area contributed by atoms with Gasteiger partial charge in [-0.15, -0.1) is 0 Å². The van der Waals surface area contributed by atoms with E-state index in [4.69, 9.17) is 4.42 Å². The molecule has 0 fully saturated rings. The smallest absolute Gasteiger partial charge is 0.243 e. The van der Waals surface area contributed by atoms with Gasteiger partial charge in [-0.25, -0.2) is 13.4 Å². The first-order valence-corrected chi connectivity index (χ1v) is 10.4. The van der Waals surface area contributed by atoms with Crippen LogP contribution in [0.15, 0.2) is 57.0 Å². The molecule has 0 spiro atoms. The molecule has 2 N–H and O–H groups in total. The molecule has 0 bridgehead atoms. The Morgan fingerprint density at radius 2 is 1.89 bits per heavy atom. The normalized spacial score (nSPS) is 12.6. The van der Waals surface area contributed by atoms with Crippen LogP contribution in [0.25, 0.3) is 0 Å². The van der Waals surface area contributed by atoms with Crippen LogP contribution in [0.2, 0.25) is 0 Å². The van der Waals surface area contributed by atoms with Gasteiger partial charge in [0, 0.05) is 19.6 Å². The number of rotatable bonds is 8. The van der Waals surface area contributed by atoms with Crippen molar-refractivity contribution in [3.8, 4) is 0 Å². The highest BCUT2D eigenvalue weighted by atomic mass is 32.2. The lowest BCUT2D eigenvalue weighted by Gasteiger charge is -2.21. The van der Waals surface area contributed by atoms with Crippen LogP contribution >= 0.6 is 0 Å². The zero-order chi connectivity index (χ0) is 19.9. The van der Waals surface area contributed by atoms with Crippen LogP contribution in [0.4, 0.5) is 0 Å². The quantitative estimate of drug-likeness (QED) is 0.533. The molecule has 2 rings (SSSR count). The molecule has 0 saturated carbocycles. The molecule has 0 saturated heterocycles. The Labute approximate surface area is 161 Å². The molecule has 0 radical (unpaired) electrons. The first kappa shape index (κ1) is 21.0. The topological polar surface area (TPSA) is 86.9 Å². The third-order valence-electron chi connectivity index (χ3n) is 4.10. The van der Waals surface area contributed by atoms with Crippen molar-refractivity contribution >= 4 is 16.0 Å². The second-order valence-electron chi connectivity index (χ2n) is 6.39. The van der Waals surface area contributed by atoms with E-state index >= 15 is 0 Å². The summed E-state index contributed by atoms with van der Waals surface area (Å²) >= 11 is 0. The van der Waals surface area contributed by atoms with E-state index in [1.54, 1.807) is 37.6 Å². The Morgan fingerprint density at radius 1 is 1.19 bits per heavy atom. The van der Waals surface area contributed by atoms with Crippen molar-refractivity contribution < 1.29 is 12.8 Å². The number of nitrogens with zero attached hydrogens (tertiary/aromatic N) is 2. The Bertz CT molecular complexity index is 828. The highest BCUT2D eigenvalue weighted by molar-refractivity contribution is 7.89. The minimum absolute atomic E-state index is 0.0952. The molecule has 7 nitrogen and oxygen atoms in total. The molecule has 1 aromatic carbocycles. The van der Waals surface area contributed by atoms with Crippen LogP contribution in [0.5, 0.6) is 0 Å². The van der Waals surface area contributed by atoms with E-state index < -0.39 is 10.0 Å². The summed E-state index contributed by atoms with van der Waals surface area (Å²) in [5.41, 5.74) is 0.927. The molecule has 0 aliphatic rings. The highest BCUT2D eigenvalue weighted by Gasteiger charge is 2.22. The molecule has 0 unspecified atom stereocenters. The summed E-state index contributed by atoms with van der Waals surface area (Å²) in [6, 6.07) is 10.5. The Balaban J connectivity index is 2.04. The zero-order valence-corrected chi connectivity index (χ0v) is 17.1. The van der Waals surface area contributed by atoms with Crippen LogP contribution in [-0.4, -0.2) is 38.3 Å². The third-order valence-corrected chi connectivity index (χ3v) is 6.15. The van der Waals surface area contributed by atoms with E-state index in [0.29, 0.717) is 19.0 Å². The predicted molar refractivity (Wildman–Crippen MR) is 107 cm³/mol. The zero-order valence-electron chi connectivity index (χ0n) is 16.3. The molecular weight excluding hydrogens is 364 g/mol. The fourth-order valence-corrected chi connectivity index (χ4v) is 3.67. The van der Waals surface area contributed by atoms with E-state index in [0.717, 1.165) is 17.9 Å². The van der Waals surface area contributed by atoms with Gasteiger partial charge in [-0.1, -0.05) is 12.1 Å². The standard InChI is InChI=1S/C19H28N4O3S/c1-5-20-19(22-14-17-7-6-12-26-17)21-13-16-8-10-18(11-9-16)27(24,25)23(4)15(2)3/h6-12,15H,5,13-14H2,1-4H3,(H2,20,21,22). The van der Waals surface area contributed by atoms with E-state index in [1.165, 1.54) is 4.31 Å². The van der Waals surface area contributed by atoms with E-state index in [2.05, 4.69) is 15.6 Å². The maximum Gasteiger partial charge on any atom is 0.243 e. The van der Waals surface area contributed by atoms with Gasteiger partial charge in [0.1, 0.15) is 5.76 Å². The first-order chi connectivity index (χ1) is 12.8. The number of nitrogens with one attached hydrogen (secondary N) is 2. The molecule has 8 heteroatoms. The van der Waals surface area contributed by atoms with Gasteiger partial charge in [0.05, 0.1) is 24.2 Å². The van der Waals surface area contributed by atoms with Gasteiger partial charge >= 0.3 is 0 Å². The third kappa shape index (κ3) is 5.83. The molecule has 2 aromatic rings. The summed E-state index contributed by atoms with van der Waals surface area (Å²) in [6.45, 7) is 7.40. The maximum atomic E-state index is 12.5. The fourth-order valence-electron chi connectivity index (χ4n) is 2.31. The molecule has 0 atom stereocenters. The van der Waals surface area contributed by atoms with E-state index in [-0.39, 0.29) is 10.9 Å². The van der Waals surface area contributed by atoms with Gasteiger partial charge in [-0.2, -0.15) is 4.31 Å². The lowest BCUT2D eigenvalue weighted by Crippen LogP contribution is -2.36. The molecular formula is C19H28N4O3S. The van der Waals surface area contributed by atoms with Crippen LogP contribution in [-0.2, 0) is 23.1 Å². The summed E-state index contributed by atoms with van der Waals surface area (Å²) in [5.74, 6) is 1.49. The van der Waals surface area contributed by atoms with Crippen molar-refractivity contribution in [2.45, 2.75) is 44.8 Å². The number of sulfonamides is 1. The van der Waals surface area contributed by atoms with Gasteiger partial charge in [0.25, 0.3) is 0 Å². The molecule has 148 valence electrons. The lowest BCUT2D eigenvalue weighted by atomic mass is 10.2. The summed E-state index contributed by atoms with van der Waals surface area (Å²) in [7, 11) is -1.88. The lowest BCUT2D eigenvalue weighted by molar-refractivity contribution is 0.410. The number of aliphatic imine (C=N–C) groups is 1. The van der Waals surface area contributed by atoms with Crippen LogP contribution in [0.1, 0.15) is 32.1 Å². The molecule has 0 aliphatic carbocycles. The van der Waals surface area contributed by atoms with Crippen LogP contribution in [0, 0.1) is 0 Å². The van der Waals surface area contributed by atoms with Gasteiger partial charge in [0.2, 0.25) is 10.0 Å². The Kier molecular flexibility index (Phi) is 7.44. The predicted octanol–water partition coefficient (Wildman–Crippen LogP) is 2.56. The molecule has 1 aromatic heterocycles. The Hall–Kier alpha value is -2.32. The van der Waals surface area contributed by atoms with Gasteiger partial charge < -0.3 is 15.1 Å². The van der Waals surface area contributed by atoms with Crippen LogP contribution in [0.3, 0.4) is 0 Å². The molecule has 1 heterocycles. The van der Waals surface area contributed by atoms with Crippen molar-refractivity contribution in [2.75, 3.05) is 13.6 Å². The minimum atomic E-state index is -3.47. The minimum Gasteiger partial charge on any atom is -0.467 e. The highest BCUT2D eigenvalue weighted by Crippen LogP contribution is 2.17. The van der Waals surface area contributed by atoms with Crippen molar-refractivity contribution in [1.29, 1.82) is 0 Å². The van der Waals surface area contributed by atoms with Gasteiger partial charge in [-0.05, 0) is 50.6 Å². The number of guanidine groups is 1. The van der Waals surface area contributed by atoms with Gasteiger partial charge in [0.15, 0.2) is 5.96 Å². The summed E-state index contributed by atoms with van der Waals surface area (Å²) in [4.78, 5) is 4.82. The number of hydrogen-bond donors (Lipinski definition) is 2. The molecule has 0 aliphatic heterocycles. The monoisotopic (exact) mass is 392 g/mol. The van der Waals surface area contributed by atoms with E-state index in [9.17, 15) is 8.42 Å². The van der Waals surface area contributed by atoms with E-state index in [1.807, 2.05) is 32.9 Å². The molecule has 0 amide bonds. The fraction of sp³-hybridized carbons (Fsp3) is 0.421. The average molecular weight is 393 g/mol. The molecule has 27 heavy (non-hydrogen) atoms. The second kappa shape index (κ2) is 9.57. The van der Waals surface area contributed by atoms with Crippen molar-refractivity contribution in [3.63, 3.8) is 0 Å². The van der Waals surface area contributed by atoms with Crippen LogP contribution < -0.4 is 10.6 Å². The number of furan rings is 1. The van der Waals surface area contributed by atoms with Crippen molar-refractivity contribution in [1.82, 2.24) is 14.9 Å². The Morgan fingerprint density at radius 3 is 2.44 bits per heavy atom. The maximum absolute atomic E-state index is 12.5. The second-order valence-corrected chi connectivity index (χ2v) is 8.38. The summed E-state index contributed by atoms with van der Waals surface area (Å²) in [5, 5.41) is 6.37. The first-order valence-electron chi connectivity index (χ1n) is 8.96. The van der Waals surface area contributed by atoms with Crippen molar-refractivity contribution in [2.24, 2.45) is 4.99 Å². The summed E-state index contributed by atoms with van der Waals surface area (Å²) < 4.78 is 31.7. The average Bonchev–Trinajstić information content (AvgIpc) is 3.17. The number of hydrogen-bond acceptors (Lipinski definition) is 4. The van der Waals surface area contributed by atoms with Crippen molar-refractivity contribution in [3.05, 3.63) is 54.0 Å². The van der Waals surface area contributed by atoms with Gasteiger partial charge in [-0.3, -0.25) is 0 Å². The SMILES string of the molecule is CCNC(=NCc1ccc(S(=O)(=O)N(C)C(C)C)cc1)NCc1ccco1. The summed E-state index contributed by atoms with van der Waals surface area (Å²) in [6.07, 6.45) is 1.63.